The third kappa shape index (κ3) is 5.77. The van der Waals surface area contributed by atoms with Gasteiger partial charge in [-0.05, 0) is 24.3 Å². The molecule has 1 aliphatic heterocycles. The van der Waals surface area contributed by atoms with Crippen molar-refractivity contribution in [3.05, 3.63) is 35.9 Å². The van der Waals surface area contributed by atoms with E-state index >= 15 is 0 Å². The van der Waals surface area contributed by atoms with E-state index in [1.54, 1.807) is 0 Å². The van der Waals surface area contributed by atoms with Crippen molar-refractivity contribution >= 4 is 0 Å². The van der Waals surface area contributed by atoms with Crippen molar-refractivity contribution < 1.29 is 0 Å². The summed E-state index contributed by atoms with van der Waals surface area (Å²) in [5, 5.41) is 3.75. The number of likely N-dealkylation sites (tertiary alicyclic amines) is 1. The molecule has 1 fully saturated rings. The maximum absolute atomic E-state index is 5.75. The number of nitrogens with zero attached hydrogens (tertiary/aromatic N) is 1. The summed E-state index contributed by atoms with van der Waals surface area (Å²) in [7, 11) is 0. The van der Waals surface area contributed by atoms with Gasteiger partial charge in [0, 0.05) is 38.8 Å². The third-order valence-corrected chi connectivity index (χ3v) is 4.46. The maximum atomic E-state index is 5.75. The van der Waals surface area contributed by atoms with Crippen molar-refractivity contribution in [1.29, 1.82) is 0 Å². The molecule has 3 N–H and O–H groups in total. The molecule has 0 aliphatic carbocycles. The molecule has 0 spiro atoms. The molecule has 1 heterocycles. The molecule has 3 nitrogen and oxygen atoms in total. The lowest BCUT2D eigenvalue weighted by Gasteiger charge is -2.38. The Morgan fingerprint density at radius 1 is 1.24 bits per heavy atom. The molecule has 1 saturated heterocycles. The highest BCUT2D eigenvalue weighted by Crippen LogP contribution is 2.22. The number of hydrogen-bond acceptors (Lipinski definition) is 3. The van der Waals surface area contributed by atoms with E-state index < -0.39 is 0 Å². The average molecular weight is 289 g/mol. The van der Waals surface area contributed by atoms with Gasteiger partial charge in [-0.1, -0.05) is 50.1 Å². The topological polar surface area (TPSA) is 41.3 Å². The zero-order valence-electron chi connectivity index (χ0n) is 13.4. The standard InChI is InChI=1S/C18H31N3/c1-2-3-7-17-12-18(15-21(14-17)11-10-19)20-13-16-8-5-4-6-9-16/h4-6,8-9,17-18,20H,2-3,7,10-15,19H2,1H3. The molecule has 0 bridgehead atoms. The lowest BCUT2D eigenvalue weighted by molar-refractivity contribution is 0.137. The first-order chi connectivity index (χ1) is 10.3. The summed E-state index contributed by atoms with van der Waals surface area (Å²) in [6.07, 6.45) is 5.33. The van der Waals surface area contributed by atoms with Crippen LogP contribution in [0.2, 0.25) is 0 Å². The lowest BCUT2D eigenvalue weighted by Crippen LogP contribution is -2.50. The Morgan fingerprint density at radius 3 is 2.76 bits per heavy atom. The summed E-state index contributed by atoms with van der Waals surface area (Å²) in [6, 6.07) is 11.3. The van der Waals surface area contributed by atoms with Crippen molar-refractivity contribution in [2.75, 3.05) is 26.2 Å². The van der Waals surface area contributed by atoms with Gasteiger partial charge in [0.1, 0.15) is 0 Å². The molecular formula is C18H31N3. The fourth-order valence-corrected chi connectivity index (χ4v) is 3.38. The molecule has 3 heteroatoms. The van der Waals surface area contributed by atoms with Crippen LogP contribution in [0.5, 0.6) is 0 Å². The molecule has 2 rings (SSSR count). The molecule has 1 aromatic carbocycles. The Hall–Kier alpha value is -0.900. The minimum Gasteiger partial charge on any atom is -0.329 e. The van der Waals surface area contributed by atoms with E-state index in [4.69, 9.17) is 5.73 Å². The lowest BCUT2D eigenvalue weighted by atomic mass is 9.89. The zero-order valence-corrected chi connectivity index (χ0v) is 13.4. The van der Waals surface area contributed by atoms with Crippen LogP contribution >= 0.6 is 0 Å². The molecule has 2 unspecified atom stereocenters. The van der Waals surface area contributed by atoms with Gasteiger partial charge in [0.2, 0.25) is 0 Å². The summed E-state index contributed by atoms with van der Waals surface area (Å²) in [4.78, 5) is 2.55. The summed E-state index contributed by atoms with van der Waals surface area (Å²) in [6.45, 7) is 7.44. The quantitative estimate of drug-likeness (QED) is 0.773. The smallest absolute Gasteiger partial charge is 0.0208 e. The molecular weight excluding hydrogens is 258 g/mol. The van der Waals surface area contributed by atoms with E-state index in [9.17, 15) is 0 Å². The van der Waals surface area contributed by atoms with E-state index in [0.29, 0.717) is 6.04 Å². The first-order valence-electron chi connectivity index (χ1n) is 8.51. The normalized spacial score (nSPS) is 23.3. The van der Waals surface area contributed by atoms with Crippen LogP contribution in [-0.4, -0.2) is 37.1 Å². The second-order valence-electron chi connectivity index (χ2n) is 6.36. The van der Waals surface area contributed by atoms with Crippen LogP contribution in [-0.2, 0) is 6.54 Å². The number of hydrogen-bond donors (Lipinski definition) is 2. The van der Waals surface area contributed by atoms with Crippen LogP contribution < -0.4 is 11.1 Å². The Bertz CT molecular complexity index is 379. The van der Waals surface area contributed by atoms with Crippen molar-refractivity contribution in [3.63, 3.8) is 0 Å². The molecule has 0 amide bonds. The fraction of sp³-hybridized carbons (Fsp3) is 0.667. The SMILES string of the molecule is CCCCC1CC(NCc2ccccc2)CN(CCN)C1. The highest BCUT2D eigenvalue weighted by atomic mass is 15.2. The number of piperidine rings is 1. The van der Waals surface area contributed by atoms with Gasteiger partial charge in [-0.25, -0.2) is 0 Å². The van der Waals surface area contributed by atoms with Crippen LogP contribution in [0.25, 0.3) is 0 Å². The van der Waals surface area contributed by atoms with Gasteiger partial charge in [0.25, 0.3) is 0 Å². The van der Waals surface area contributed by atoms with Crippen LogP contribution in [0.15, 0.2) is 30.3 Å². The van der Waals surface area contributed by atoms with E-state index in [2.05, 4.69) is 47.5 Å². The van der Waals surface area contributed by atoms with Crippen molar-refractivity contribution in [2.45, 2.75) is 45.2 Å². The number of benzene rings is 1. The van der Waals surface area contributed by atoms with Gasteiger partial charge in [-0.2, -0.15) is 0 Å². The first kappa shape index (κ1) is 16.5. The Kier molecular flexibility index (Phi) is 7.20. The van der Waals surface area contributed by atoms with Gasteiger partial charge >= 0.3 is 0 Å². The first-order valence-corrected chi connectivity index (χ1v) is 8.51. The number of nitrogens with one attached hydrogen (secondary N) is 1. The van der Waals surface area contributed by atoms with Gasteiger partial charge in [0.05, 0.1) is 0 Å². The second kappa shape index (κ2) is 9.19. The van der Waals surface area contributed by atoms with E-state index in [0.717, 1.165) is 32.1 Å². The van der Waals surface area contributed by atoms with Crippen molar-refractivity contribution in [2.24, 2.45) is 11.7 Å². The highest BCUT2D eigenvalue weighted by molar-refractivity contribution is 5.14. The van der Waals surface area contributed by atoms with Gasteiger partial charge in [-0.3, -0.25) is 0 Å². The van der Waals surface area contributed by atoms with Crippen LogP contribution in [0.3, 0.4) is 0 Å². The van der Waals surface area contributed by atoms with E-state index in [1.807, 2.05) is 0 Å². The maximum Gasteiger partial charge on any atom is 0.0208 e. The van der Waals surface area contributed by atoms with Crippen molar-refractivity contribution in [3.8, 4) is 0 Å². The van der Waals surface area contributed by atoms with Gasteiger partial charge in [-0.15, -0.1) is 0 Å². The predicted molar refractivity (Wildman–Crippen MR) is 90.2 cm³/mol. The minimum absolute atomic E-state index is 0.604. The summed E-state index contributed by atoms with van der Waals surface area (Å²) in [5.41, 5.74) is 7.13. The molecule has 21 heavy (non-hydrogen) atoms. The van der Waals surface area contributed by atoms with Crippen LogP contribution in [0.4, 0.5) is 0 Å². The molecule has 0 saturated carbocycles. The molecule has 0 aromatic heterocycles. The molecule has 1 aliphatic rings. The predicted octanol–water partition coefficient (Wildman–Crippen LogP) is 2.62. The summed E-state index contributed by atoms with van der Waals surface area (Å²) < 4.78 is 0. The fourth-order valence-electron chi connectivity index (χ4n) is 3.38. The summed E-state index contributed by atoms with van der Waals surface area (Å²) in [5.74, 6) is 0.832. The molecule has 1 aromatic rings. The zero-order chi connectivity index (χ0) is 14.9. The third-order valence-electron chi connectivity index (χ3n) is 4.46. The second-order valence-corrected chi connectivity index (χ2v) is 6.36. The molecule has 118 valence electrons. The highest BCUT2D eigenvalue weighted by Gasteiger charge is 2.26. The van der Waals surface area contributed by atoms with E-state index in [-0.39, 0.29) is 0 Å². The Balaban J connectivity index is 1.84. The van der Waals surface area contributed by atoms with Crippen LogP contribution in [0.1, 0.15) is 38.2 Å². The van der Waals surface area contributed by atoms with Gasteiger partial charge < -0.3 is 16.0 Å². The van der Waals surface area contributed by atoms with Gasteiger partial charge in [0.15, 0.2) is 0 Å². The largest absolute Gasteiger partial charge is 0.329 e. The monoisotopic (exact) mass is 289 g/mol. The van der Waals surface area contributed by atoms with Crippen molar-refractivity contribution in [1.82, 2.24) is 10.2 Å². The number of rotatable bonds is 8. The minimum atomic E-state index is 0.604. The Morgan fingerprint density at radius 2 is 2.05 bits per heavy atom. The number of nitrogens with two attached hydrogens (primary N) is 1. The molecule has 0 radical (unpaired) electrons. The van der Waals surface area contributed by atoms with E-state index in [1.165, 1.54) is 37.8 Å². The summed E-state index contributed by atoms with van der Waals surface area (Å²) >= 11 is 0. The molecule has 2 atom stereocenters. The number of unbranched alkanes of at least 4 members (excludes halogenated alkanes) is 1. The average Bonchev–Trinajstić information content (AvgIpc) is 2.52. The van der Waals surface area contributed by atoms with Crippen LogP contribution in [0, 0.1) is 5.92 Å². The Labute approximate surface area is 129 Å².